The smallest absolute Gasteiger partial charge is 0.337 e. The van der Waals surface area contributed by atoms with Crippen molar-refractivity contribution in [2.24, 2.45) is 0 Å². The lowest BCUT2D eigenvalue weighted by atomic mass is 10.00. The van der Waals surface area contributed by atoms with Gasteiger partial charge in [0, 0.05) is 17.5 Å². The summed E-state index contributed by atoms with van der Waals surface area (Å²) in [5, 5.41) is 9.25. The maximum atomic E-state index is 14.2. The number of aromatic carboxylic acids is 1. The van der Waals surface area contributed by atoms with Gasteiger partial charge < -0.3 is 14.6 Å². The number of carboxylic acids is 1. The average Bonchev–Trinajstić information content (AvgIpc) is 2.46. The Bertz CT molecular complexity index is 704. The van der Waals surface area contributed by atoms with Crippen LogP contribution in [0.25, 0.3) is 11.1 Å². The first kappa shape index (κ1) is 14.7. The molecule has 1 N–H and O–H groups in total. The Morgan fingerprint density at radius 3 is 2.52 bits per heavy atom. The van der Waals surface area contributed by atoms with Crippen molar-refractivity contribution < 1.29 is 23.8 Å². The van der Waals surface area contributed by atoms with Gasteiger partial charge in [-0.05, 0) is 13.0 Å². The van der Waals surface area contributed by atoms with Crippen molar-refractivity contribution in [3.8, 4) is 22.8 Å². The molecule has 2 rings (SSSR count). The number of aromatic nitrogens is 2. The van der Waals surface area contributed by atoms with Crippen LogP contribution in [0.4, 0.5) is 4.39 Å². The number of ether oxygens (including phenoxy) is 2. The fourth-order valence-electron chi connectivity index (χ4n) is 1.98. The minimum absolute atomic E-state index is 0.0211. The summed E-state index contributed by atoms with van der Waals surface area (Å²) in [5.74, 6) is -1.82. The molecule has 0 aliphatic rings. The second kappa shape index (κ2) is 5.74. The van der Waals surface area contributed by atoms with Crippen molar-refractivity contribution in [2.45, 2.75) is 6.92 Å². The molecule has 7 heteroatoms. The van der Waals surface area contributed by atoms with Gasteiger partial charge in [0.1, 0.15) is 0 Å². The van der Waals surface area contributed by atoms with Gasteiger partial charge in [-0.2, -0.15) is 0 Å². The van der Waals surface area contributed by atoms with E-state index in [1.807, 2.05) is 0 Å². The van der Waals surface area contributed by atoms with Crippen molar-refractivity contribution in [1.29, 1.82) is 0 Å². The van der Waals surface area contributed by atoms with E-state index in [1.54, 1.807) is 6.92 Å². The van der Waals surface area contributed by atoms with Crippen LogP contribution in [-0.2, 0) is 0 Å². The van der Waals surface area contributed by atoms with Crippen LogP contribution in [0, 0.1) is 12.7 Å². The SMILES string of the molecule is COc1ncc(F)c(-c2cc(C)ncc2C(=O)O)c1OC. The van der Waals surface area contributed by atoms with Gasteiger partial charge in [0.2, 0.25) is 0 Å². The first-order valence-electron chi connectivity index (χ1n) is 5.96. The molecule has 0 atom stereocenters. The third-order valence-electron chi connectivity index (χ3n) is 2.89. The molecule has 0 aliphatic carbocycles. The predicted molar refractivity (Wildman–Crippen MR) is 72.2 cm³/mol. The Morgan fingerprint density at radius 2 is 1.95 bits per heavy atom. The molecular formula is C14H13FN2O4. The van der Waals surface area contributed by atoms with Crippen LogP contribution >= 0.6 is 0 Å². The zero-order valence-electron chi connectivity index (χ0n) is 11.7. The van der Waals surface area contributed by atoms with E-state index in [9.17, 15) is 14.3 Å². The van der Waals surface area contributed by atoms with E-state index in [2.05, 4.69) is 9.97 Å². The maximum Gasteiger partial charge on any atom is 0.337 e. The maximum absolute atomic E-state index is 14.2. The molecule has 6 nitrogen and oxygen atoms in total. The summed E-state index contributed by atoms with van der Waals surface area (Å²) in [4.78, 5) is 19.0. The standard InChI is InChI=1S/C14H13FN2O4/c1-7-4-8(9(5-16-7)14(18)19)11-10(15)6-17-13(21-3)12(11)20-2/h4-6H,1-3H3,(H,18,19). The van der Waals surface area contributed by atoms with E-state index in [1.165, 1.54) is 26.5 Å². The topological polar surface area (TPSA) is 81.5 Å². The van der Waals surface area contributed by atoms with Crippen molar-refractivity contribution in [3.05, 3.63) is 35.5 Å². The van der Waals surface area contributed by atoms with Crippen molar-refractivity contribution in [3.63, 3.8) is 0 Å². The minimum atomic E-state index is -1.21. The van der Waals surface area contributed by atoms with E-state index in [0.29, 0.717) is 5.69 Å². The fraction of sp³-hybridized carbons (Fsp3) is 0.214. The number of nitrogens with zero attached hydrogens (tertiary/aromatic N) is 2. The molecule has 0 saturated heterocycles. The fourth-order valence-corrected chi connectivity index (χ4v) is 1.98. The van der Waals surface area contributed by atoms with Crippen LogP contribution in [0.1, 0.15) is 16.1 Å². The highest BCUT2D eigenvalue weighted by atomic mass is 19.1. The zero-order chi connectivity index (χ0) is 15.6. The number of aryl methyl sites for hydroxylation is 1. The van der Waals surface area contributed by atoms with E-state index in [-0.39, 0.29) is 28.3 Å². The van der Waals surface area contributed by atoms with Crippen LogP contribution in [0.2, 0.25) is 0 Å². The number of carbonyl (C=O) groups is 1. The van der Waals surface area contributed by atoms with Gasteiger partial charge in [0.15, 0.2) is 11.6 Å². The number of halogens is 1. The first-order valence-corrected chi connectivity index (χ1v) is 5.96. The average molecular weight is 292 g/mol. The Balaban J connectivity index is 2.83. The van der Waals surface area contributed by atoms with Crippen molar-refractivity contribution >= 4 is 5.97 Å². The van der Waals surface area contributed by atoms with Gasteiger partial charge in [-0.1, -0.05) is 0 Å². The number of pyridine rings is 2. The van der Waals surface area contributed by atoms with Crippen LogP contribution < -0.4 is 9.47 Å². The normalized spacial score (nSPS) is 10.3. The van der Waals surface area contributed by atoms with Gasteiger partial charge >= 0.3 is 5.97 Å². The van der Waals surface area contributed by atoms with Gasteiger partial charge in [0.05, 0.1) is 31.5 Å². The zero-order valence-corrected chi connectivity index (χ0v) is 11.7. The number of carboxylic acid groups (broad SMARTS) is 1. The molecule has 2 aromatic rings. The second-order valence-corrected chi connectivity index (χ2v) is 4.20. The summed E-state index contributed by atoms with van der Waals surface area (Å²) in [5.41, 5.74) is 0.551. The molecule has 0 spiro atoms. The number of rotatable bonds is 4. The minimum Gasteiger partial charge on any atom is -0.491 e. The quantitative estimate of drug-likeness (QED) is 0.931. The molecule has 0 fully saturated rings. The van der Waals surface area contributed by atoms with E-state index < -0.39 is 11.8 Å². The molecule has 0 radical (unpaired) electrons. The molecular weight excluding hydrogens is 279 g/mol. The lowest BCUT2D eigenvalue weighted by Gasteiger charge is -2.14. The number of hydrogen-bond donors (Lipinski definition) is 1. The predicted octanol–water partition coefficient (Wildman–Crippen LogP) is 2.31. The Labute approximate surface area is 120 Å². The van der Waals surface area contributed by atoms with Gasteiger partial charge in [0.25, 0.3) is 5.88 Å². The number of hydrogen-bond acceptors (Lipinski definition) is 5. The van der Waals surface area contributed by atoms with E-state index in [0.717, 1.165) is 6.20 Å². The molecule has 0 bridgehead atoms. The van der Waals surface area contributed by atoms with E-state index >= 15 is 0 Å². The molecule has 0 amide bonds. The second-order valence-electron chi connectivity index (χ2n) is 4.20. The molecule has 0 unspecified atom stereocenters. The summed E-state index contributed by atoms with van der Waals surface area (Å²) in [6.07, 6.45) is 2.14. The van der Waals surface area contributed by atoms with Gasteiger partial charge in [-0.25, -0.2) is 14.2 Å². The van der Waals surface area contributed by atoms with Gasteiger partial charge in [-0.15, -0.1) is 0 Å². The van der Waals surface area contributed by atoms with Crippen LogP contribution in [0.5, 0.6) is 11.6 Å². The lowest BCUT2D eigenvalue weighted by Crippen LogP contribution is -2.05. The number of methoxy groups -OCH3 is 2. The third kappa shape index (κ3) is 2.62. The van der Waals surface area contributed by atoms with Crippen LogP contribution in [0.15, 0.2) is 18.5 Å². The van der Waals surface area contributed by atoms with E-state index in [4.69, 9.17) is 9.47 Å². The van der Waals surface area contributed by atoms with Crippen molar-refractivity contribution in [1.82, 2.24) is 9.97 Å². The summed E-state index contributed by atoms with van der Waals surface area (Å²) in [6, 6.07) is 1.48. The van der Waals surface area contributed by atoms with Crippen molar-refractivity contribution in [2.75, 3.05) is 14.2 Å². The summed E-state index contributed by atoms with van der Waals surface area (Å²) >= 11 is 0. The molecule has 0 aromatic carbocycles. The van der Waals surface area contributed by atoms with Gasteiger partial charge in [-0.3, -0.25) is 4.98 Å². The molecule has 2 heterocycles. The third-order valence-corrected chi connectivity index (χ3v) is 2.89. The summed E-state index contributed by atoms with van der Waals surface area (Å²) < 4.78 is 24.4. The lowest BCUT2D eigenvalue weighted by molar-refractivity contribution is 0.0697. The highest BCUT2D eigenvalue weighted by molar-refractivity contribution is 5.97. The highest BCUT2D eigenvalue weighted by Crippen LogP contribution is 2.39. The Kier molecular flexibility index (Phi) is 4.02. The Hall–Kier alpha value is -2.70. The first-order chi connectivity index (χ1) is 9.99. The molecule has 21 heavy (non-hydrogen) atoms. The summed E-state index contributed by atoms with van der Waals surface area (Å²) in [7, 11) is 2.69. The van der Waals surface area contributed by atoms with Crippen LogP contribution in [-0.4, -0.2) is 35.3 Å². The molecule has 0 saturated carbocycles. The monoisotopic (exact) mass is 292 g/mol. The summed E-state index contributed by atoms with van der Waals surface area (Å²) in [6.45, 7) is 1.68. The van der Waals surface area contributed by atoms with Crippen LogP contribution in [0.3, 0.4) is 0 Å². The largest absolute Gasteiger partial charge is 0.491 e. The molecule has 2 aromatic heterocycles. The molecule has 110 valence electrons. The highest BCUT2D eigenvalue weighted by Gasteiger charge is 2.23. The Morgan fingerprint density at radius 1 is 1.24 bits per heavy atom. The molecule has 0 aliphatic heterocycles.